The molecule has 1 aliphatic rings. The number of rotatable bonds is 4. The molecule has 1 rings (SSSR count). The predicted molar refractivity (Wildman–Crippen MR) is 62.3 cm³/mol. The van der Waals surface area contributed by atoms with E-state index in [0.29, 0.717) is 0 Å². The number of hydrogen-bond acceptors (Lipinski definition) is 2. The first kappa shape index (κ1) is 10.5. The molecule has 74 valence electrons. The Hall–Kier alpha value is -1.57. The standard InChI is InChI=1S/C12H16N2/c1-11(13-2)6-3-4-7-12-8-5-9-14-10-12/h3-6,8-9,14H,2,7,10H2,1H3/b4-3-,11-6-. The summed E-state index contributed by atoms with van der Waals surface area (Å²) in [5, 5.41) is 3.17. The first-order valence-electron chi connectivity index (χ1n) is 4.71. The molecule has 0 aromatic carbocycles. The highest BCUT2D eigenvalue weighted by Crippen LogP contribution is 2.05. The fraction of sp³-hybridized carbons (Fsp3) is 0.250. The highest BCUT2D eigenvalue weighted by atomic mass is 14.8. The third-order valence-electron chi connectivity index (χ3n) is 1.98. The number of aliphatic imine (C=N–C) groups is 1. The second-order valence-electron chi connectivity index (χ2n) is 3.16. The molecule has 0 bridgehead atoms. The summed E-state index contributed by atoms with van der Waals surface area (Å²) in [5.41, 5.74) is 2.33. The summed E-state index contributed by atoms with van der Waals surface area (Å²) < 4.78 is 0. The summed E-state index contributed by atoms with van der Waals surface area (Å²) in [4.78, 5) is 3.79. The summed E-state index contributed by atoms with van der Waals surface area (Å²) in [6.07, 6.45) is 13.2. The van der Waals surface area contributed by atoms with E-state index in [9.17, 15) is 0 Å². The van der Waals surface area contributed by atoms with Crippen LogP contribution in [-0.2, 0) is 0 Å². The molecule has 0 amide bonds. The normalized spacial score (nSPS) is 16.6. The second-order valence-corrected chi connectivity index (χ2v) is 3.16. The molecular weight excluding hydrogens is 172 g/mol. The van der Waals surface area contributed by atoms with Crippen LogP contribution in [0.25, 0.3) is 0 Å². The monoisotopic (exact) mass is 188 g/mol. The van der Waals surface area contributed by atoms with Crippen molar-refractivity contribution in [3.05, 3.63) is 47.9 Å². The van der Waals surface area contributed by atoms with Crippen LogP contribution in [0.2, 0.25) is 0 Å². The van der Waals surface area contributed by atoms with Crippen molar-refractivity contribution in [2.75, 3.05) is 6.54 Å². The quantitative estimate of drug-likeness (QED) is 0.532. The Labute approximate surface area is 85.4 Å². The van der Waals surface area contributed by atoms with E-state index < -0.39 is 0 Å². The predicted octanol–water partition coefficient (Wildman–Crippen LogP) is 2.58. The Balaban J connectivity index is 2.36. The summed E-state index contributed by atoms with van der Waals surface area (Å²) >= 11 is 0. The van der Waals surface area contributed by atoms with Crippen molar-refractivity contribution in [1.82, 2.24) is 5.32 Å². The third-order valence-corrected chi connectivity index (χ3v) is 1.98. The molecule has 0 aliphatic carbocycles. The zero-order valence-electron chi connectivity index (χ0n) is 8.53. The van der Waals surface area contributed by atoms with E-state index in [0.717, 1.165) is 18.7 Å². The van der Waals surface area contributed by atoms with Crippen molar-refractivity contribution in [3.8, 4) is 0 Å². The number of hydrogen-bond donors (Lipinski definition) is 1. The Morgan fingerprint density at radius 2 is 2.57 bits per heavy atom. The van der Waals surface area contributed by atoms with E-state index in [2.05, 4.69) is 29.2 Å². The average Bonchev–Trinajstić information content (AvgIpc) is 2.25. The van der Waals surface area contributed by atoms with Crippen molar-refractivity contribution in [1.29, 1.82) is 0 Å². The molecule has 1 N–H and O–H groups in total. The summed E-state index contributed by atoms with van der Waals surface area (Å²) in [6, 6.07) is 0. The maximum atomic E-state index is 3.79. The lowest BCUT2D eigenvalue weighted by Gasteiger charge is -2.07. The van der Waals surface area contributed by atoms with Gasteiger partial charge in [-0.3, -0.25) is 4.99 Å². The maximum Gasteiger partial charge on any atom is 0.0365 e. The Morgan fingerprint density at radius 1 is 1.71 bits per heavy atom. The largest absolute Gasteiger partial charge is 0.387 e. The topological polar surface area (TPSA) is 24.4 Å². The van der Waals surface area contributed by atoms with Crippen molar-refractivity contribution in [3.63, 3.8) is 0 Å². The lowest BCUT2D eigenvalue weighted by molar-refractivity contribution is 0.895. The van der Waals surface area contributed by atoms with Gasteiger partial charge in [0.25, 0.3) is 0 Å². The maximum absolute atomic E-state index is 3.79. The molecular formula is C12H16N2. The molecule has 0 saturated carbocycles. The van der Waals surface area contributed by atoms with E-state index in [1.165, 1.54) is 5.57 Å². The molecule has 14 heavy (non-hydrogen) atoms. The Bertz CT molecular complexity index is 306. The minimum absolute atomic E-state index is 0.942. The lowest BCUT2D eigenvalue weighted by atomic mass is 10.1. The fourth-order valence-electron chi connectivity index (χ4n) is 1.12. The zero-order valence-corrected chi connectivity index (χ0v) is 8.53. The minimum Gasteiger partial charge on any atom is -0.387 e. The van der Waals surface area contributed by atoms with E-state index in [1.54, 1.807) is 0 Å². The summed E-state index contributed by atoms with van der Waals surface area (Å²) in [5.74, 6) is 0. The number of nitrogens with one attached hydrogen (secondary N) is 1. The number of allylic oxidation sites excluding steroid dienone is 6. The molecule has 0 radical (unpaired) electrons. The molecule has 0 aromatic rings. The molecule has 1 heterocycles. The van der Waals surface area contributed by atoms with Crippen LogP contribution >= 0.6 is 0 Å². The van der Waals surface area contributed by atoms with Gasteiger partial charge in [0, 0.05) is 12.2 Å². The van der Waals surface area contributed by atoms with Crippen LogP contribution in [0, 0.1) is 0 Å². The van der Waals surface area contributed by atoms with E-state index >= 15 is 0 Å². The van der Waals surface area contributed by atoms with Crippen molar-refractivity contribution < 1.29 is 0 Å². The van der Waals surface area contributed by atoms with Crippen molar-refractivity contribution >= 4 is 6.72 Å². The molecule has 2 nitrogen and oxygen atoms in total. The van der Waals surface area contributed by atoms with Gasteiger partial charge in [-0.05, 0) is 44.0 Å². The van der Waals surface area contributed by atoms with Crippen LogP contribution < -0.4 is 5.32 Å². The number of dihydropyridines is 1. The van der Waals surface area contributed by atoms with E-state index in [-0.39, 0.29) is 0 Å². The van der Waals surface area contributed by atoms with Crippen LogP contribution in [0.15, 0.2) is 52.8 Å². The average molecular weight is 188 g/mol. The van der Waals surface area contributed by atoms with Gasteiger partial charge in [0.2, 0.25) is 0 Å². The van der Waals surface area contributed by atoms with E-state index in [4.69, 9.17) is 0 Å². The van der Waals surface area contributed by atoms with E-state index in [1.807, 2.05) is 31.4 Å². The van der Waals surface area contributed by atoms with Gasteiger partial charge in [-0.1, -0.05) is 18.2 Å². The van der Waals surface area contributed by atoms with Gasteiger partial charge in [-0.25, -0.2) is 0 Å². The lowest BCUT2D eigenvalue weighted by Crippen LogP contribution is -2.11. The first-order valence-corrected chi connectivity index (χ1v) is 4.71. The highest BCUT2D eigenvalue weighted by Gasteiger charge is 1.94. The van der Waals surface area contributed by atoms with Crippen LogP contribution in [0.4, 0.5) is 0 Å². The van der Waals surface area contributed by atoms with Gasteiger partial charge >= 0.3 is 0 Å². The fourth-order valence-corrected chi connectivity index (χ4v) is 1.12. The summed E-state index contributed by atoms with van der Waals surface area (Å²) in [7, 11) is 0. The molecule has 0 atom stereocenters. The smallest absolute Gasteiger partial charge is 0.0365 e. The second kappa shape index (κ2) is 5.97. The summed E-state index contributed by atoms with van der Waals surface area (Å²) in [6.45, 7) is 6.33. The molecule has 2 heteroatoms. The van der Waals surface area contributed by atoms with Crippen LogP contribution in [-0.4, -0.2) is 13.3 Å². The van der Waals surface area contributed by atoms with Crippen molar-refractivity contribution in [2.24, 2.45) is 4.99 Å². The van der Waals surface area contributed by atoms with Crippen LogP contribution in [0.1, 0.15) is 13.3 Å². The van der Waals surface area contributed by atoms with Crippen molar-refractivity contribution in [2.45, 2.75) is 13.3 Å². The van der Waals surface area contributed by atoms with Gasteiger partial charge < -0.3 is 5.32 Å². The molecule has 1 aliphatic heterocycles. The molecule has 0 spiro atoms. The molecule has 0 unspecified atom stereocenters. The Kier molecular flexibility index (Phi) is 4.48. The van der Waals surface area contributed by atoms with Gasteiger partial charge in [0.1, 0.15) is 0 Å². The first-order chi connectivity index (χ1) is 6.83. The van der Waals surface area contributed by atoms with Gasteiger partial charge in [-0.15, -0.1) is 0 Å². The van der Waals surface area contributed by atoms with Gasteiger partial charge in [0.05, 0.1) is 0 Å². The van der Waals surface area contributed by atoms with Crippen LogP contribution in [0.5, 0.6) is 0 Å². The number of nitrogens with zero attached hydrogens (tertiary/aromatic N) is 1. The third kappa shape index (κ3) is 3.90. The SMILES string of the molecule is C=N/C(C)=C\C=C/CC1=CC=CNC1. The Morgan fingerprint density at radius 3 is 3.21 bits per heavy atom. The zero-order chi connectivity index (χ0) is 10.2. The van der Waals surface area contributed by atoms with Gasteiger partial charge in [0.15, 0.2) is 0 Å². The van der Waals surface area contributed by atoms with Crippen LogP contribution in [0.3, 0.4) is 0 Å². The molecule has 0 saturated heterocycles. The minimum atomic E-state index is 0.942. The van der Waals surface area contributed by atoms with Gasteiger partial charge in [-0.2, -0.15) is 0 Å². The highest BCUT2D eigenvalue weighted by molar-refractivity contribution is 5.29. The molecule has 0 fully saturated rings. The molecule has 0 aromatic heterocycles.